The minimum atomic E-state index is -2.05. The van der Waals surface area contributed by atoms with E-state index in [0.29, 0.717) is 25.2 Å². The monoisotopic (exact) mass is 926 g/mol. The Morgan fingerprint density at radius 2 is 1.31 bits per heavy atom. The highest BCUT2D eigenvalue weighted by Crippen LogP contribution is 2.76. The second-order valence-corrected chi connectivity index (χ2v) is 23.0. The van der Waals surface area contributed by atoms with E-state index in [-0.39, 0.29) is 33.5 Å². The van der Waals surface area contributed by atoms with E-state index in [1.807, 2.05) is 0 Å². The number of carboxylic acid groups (broad SMARTS) is 2. The van der Waals surface area contributed by atoms with Crippen LogP contribution in [0.4, 0.5) is 0 Å². The molecule has 0 aromatic heterocycles. The van der Waals surface area contributed by atoms with Crippen molar-refractivity contribution in [2.24, 2.45) is 50.2 Å². The van der Waals surface area contributed by atoms with Crippen molar-refractivity contribution in [3.8, 4) is 0 Å². The van der Waals surface area contributed by atoms with Crippen molar-refractivity contribution < 1.29 is 89.1 Å². The number of ether oxygens (including phenoxy) is 6. The van der Waals surface area contributed by atoms with Gasteiger partial charge in [0.25, 0.3) is 0 Å². The predicted molar refractivity (Wildman–Crippen MR) is 225 cm³/mol. The van der Waals surface area contributed by atoms with Crippen molar-refractivity contribution in [3.05, 3.63) is 11.6 Å². The van der Waals surface area contributed by atoms with Gasteiger partial charge in [-0.3, -0.25) is 4.79 Å². The third kappa shape index (κ3) is 7.76. The van der Waals surface area contributed by atoms with Gasteiger partial charge in [-0.05, 0) is 109 Å². The van der Waals surface area contributed by atoms with Crippen LogP contribution in [0.2, 0.25) is 0 Å². The molecule has 0 spiro atoms. The third-order valence-electron chi connectivity index (χ3n) is 18.9. The fraction of sp³-hybridized carbons (Fsp3) is 0.915. The van der Waals surface area contributed by atoms with Gasteiger partial charge in [-0.15, -0.1) is 0 Å². The summed E-state index contributed by atoms with van der Waals surface area (Å²) in [6.45, 7) is 14.7. The maximum atomic E-state index is 13.1. The molecule has 0 unspecified atom stereocenters. The molecule has 0 aromatic carbocycles. The van der Waals surface area contributed by atoms with Gasteiger partial charge in [0.15, 0.2) is 25.0 Å². The van der Waals surface area contributed by atoms with E-state index >= 15 is 0 Å². The molecule has 22 atom stereocenters. The van der Waals surface area contributed by atoms with Crippen LogP contribution in [0.5, 0.6) is 0 Å². The number of hydrogen-bond acceptors (Lipinski definition) is 16. The molecule has 0 radical (unpaired) electrons. The molecule has 8 aliphatic rings. The molecule has 0 aromatic rings. The Hall–Kier alpha value is -1.88. The third-order valence-corrected chi connectivity index (χ3v) is 18.9. The van der Waals surface area contributed by atoms with Gasteiger partial charge in [0.2, 0.25) is 0 Å². The summed E-state index contributed by atoms with van der Waals surface area (Å²) >= 11 is 0. The zero-order valence-corrected chi connectivity index (χ0v) is 38.7. The molecule has 4 saturated carbocycles. The number of aliphatic hydroxyl groups excluding tert-OH is 8. The zero-order chi connectivity index (χ0) is 47.6. The molecular weight excluding hydrogens is 852 g/mol. The van der Waals surface area contributed by atoms with Crippen LogP contribution < -0.4 is 0 Å². The van der Waals surface area contributed by atoms with Crippen LogP contribution in [0, 0.1) is 50.2 Å². The van der Waals surface area contributed by atoms with Crippen molar-refractivity contribution in [1.82, 2.24) is 0 Å². The van der Waals surface area contributed by atoms with E-state index in [2.05, 4.69) is 54.5 Å². The topological polar surface area (TPSA) is 292 Å². The molecule has 0 amide bonds. The van der Waals surface area contributed by atoms with Crippen LogP contribution in [0.25, 0.3) is 0 Å². The predicted octanol–water partition coefficient (Wildman–Crippen LogP) is 1.44. The number of aliphatic hydroxyl groups is 8. The van der Waals surface area contributed by atoms with E-state index in [4.69, 9.17) is 28.4 Å². The van der Waals surface area contributed by atoms with Gasteiger partial charge in [-0.1, -0.05) is 60.1 Å². The lowest BCUT2D eigenvalue weighted by Crippen LogP contribution is -2.68. The Kier molecular flexibility index (Phi) is 13.1. The molecule has 3 heterocycles. The first-order chi connectivity index (χ1) is 30.3. The molecule has 370 valence electrons. The molecule has 7 fully saturated rings. The molecule has 18 heteroatoms. The summed E-state index contributed by atoms with van der Waals surface area (Å²) in [5, 5.41) is 106. The van der Waals surface area contributed by atoms with E-state index in [1.54, 1.807) is 0 Å². The number of carboxylic acids is 2. The van der Waals surface area contributed by atoms with Crippen molar-refractivity contribution >= 4 is 11.9 Å². The van der Waals surface area contributed by atoms with Crippen LogP contribution in [0.3, 0.4) is 0 Å². The lowest BCUT2D eigenvalue weighted by Gasteiger charge is -2.72. The van der Waals surface area contributed by atoms with Gasteiger partial charge in [0, 0.05) is 0 Å². The summed E-state index contributed by atoms with van der Waals surface area (Å²) in [4.78, 5) is 25.9. The standard InChI is InChI=1S/C47H74O18/c1-42(2)14-16-47(41(58)59)17-15-45(6)21(22(47)18-42)8-9-26-44(5)12-11-27(43(3,4)25(44)10-13-46(26,45)7)62-40-36(65-39-32(54)30(52)29(51)24(19-48)61-39)34(33(55)35(64-40)37(56)57)63-38-31(53)28(50)23(49)20-60-38/h18,21,23-36,38-40,48-55H,8-17,19-20H2,1-7H3,(H,56,57)(H,58,59)/t21-,23-,24-,25+,26-,27+,28+,29-,30+,31-,32-,33+,34+,35+,36-,38+,39+,40-,44+,45-,46-,47+/m1/s1. The van der Waals surface area contributed by atoms with Gasteiger partial charge in [-0.2, -0.15) is 0 Å². The summed E-state index contributed by atoms with van der Waals surface area (Å²) in [6, 6.07) is 0. The average Bonchev–Trinajstić information content (AvgIpc) is 3.23. The van der Waals surface area contributed by atoms with Gasteiger partial charge >= 0.3 is 11.9 Å². The number of fused-ring (bicyclic) bond motifs is 7. The molecule has 0 bridgehead atoms. The molecule has 8 rings (SSSR count). The summed E-state index contributed by atoms with van der Waals surface area (Å²) in [6.07, 6.45) is -15.3. The minimum absolute atomic E-state index is 0.0804. The first-order valence-electron chi connectivity index (χ1n) is 23.7. The molecule has 18 nitrogen and oxygen atoms in total. The van der Waals surface area contributed by atoms with Crippen LogP contribution >= 0.6 is 0 Å². The van der Waals surface area contributed by atoms with Gasteiger partial charge in [0.1, 0.15) is 61.0 Å². The van der Waals surface area contributed by atoms with Crippen molar-refractivity contribution in [2.75, 3.05) is 13.2 Å². The SMILES string of the molecule is CC1(C)C=C2[C@H]3CC[C@@H]4[C@@]5(C)CC[C@H](O[C@@H]6O[C@H](C(=O)O)[C@@H](O)[C@H](O[C@@H]7OC[C@@H](O)[C@H](O)[C@H]7O)[C@H]6O[C@@H]6O[C@H](CO)[C@@H](O)[C@H](O)[C@H]6O)C(C)(C)[C@@H]5CC[C@@]4(C)[C@]3(C)CC[C@@]2(C(=O)O)CC1. The Morgan fingerprint density at radius 1 is 0.646 bits per heavy atom. The van der Waals surface area contributed by atoms with Gasteiger partial charge in [0.05, 0.1) is 24.7 Å². The van der Waals surface area contributed by atoms with Crippen molar-refractivity contribution in [1.29, 1.82) is 0 Å². The van der Waals surface area contributed by atoms with E-state index in [9.17, 15) is 60.7 Å². The Balaban J connectivity index is 1.09. The van der Waals surface area contributed by atoms with E-state index in [0.717, 1.165) is 50.5 Å². The number of carbonyl (C=O) groups is 2. The molecular formula is C47H74O18. The van der Waals surface area contributed by atoms with Crippen LogP contribution in [0.15, 0.2) is 11.6 Å². The normalized spacial score (nSPS) is 52.8. The molecule has 65 heavy (non-hydrogen) atoms. The quantitative estimate of drug-likeness (QED) is 0.116. The molecule has 3 saturated heterocycles. The molecule has 5 aliphatic carbocycles. The maximum Gasteiger partial charge on any atom is 0.335 e. The minimum Gasteiger partial charge on any atom is -0.481 e. The van der Waals surface area contributed by atoms with E-state index < -0.39 is 128 Å². The van der Waals surface area contributed by atoms with Crippen LogP contribution in [-0.2, 0) is 38.0 Å². The highest BCUT2D eigenvalue weighted by molar-refractivity contribution is 5.80. The van der Waals surface area contributed by atoms with Crippen molar-refractivity contribution in [2.45, 2.75) is 205 Å². The smallest absolute Gasteiger partial charge is 0.335 e. The first-order valence-corrected chi connectivity index (χ1v) is 23.7. The lowest BCUT2D eigenvalue weighted by atomic mass is 9.32. The number of rotatable bonds is 9. The molecule has 10 N–H and O–H groups in total. The summed E-state index contributed by atoms with van der Waals surface area (Å²) in [7, 11) is 0. The van der Waals surface area contributed by atoms with Crippen LogP contribution in [-0.4, -0.2) is 168 Å². The van der Waals surface area contributed by atoms with Gasteiger partial charge in [-0.25, -0.2) is 4.79 Å². The Labute approximate surface area is 380 Å². The zero-order valence-electron chi connectivity index (χ0n) is 38.7. The second kappa shape index (κ2) is 17.2. The number of hydrogen-bond donors (Lipinski definition) is 10. The first kappa shape index (κ1) is 49.5. The number of allylic oxidation sites excluding steroid dienone is 1. The maximum absolute atomic E-state index is 13.1. The van der Waals surface area contributed by atoms with E-state index in [1.165, 1.54) is 0 Å². The highest BCUT2D eigenvalue weighted by atomic mass is 16.8. The average molecular weight is 927 g/mol. The fourth-order valence-electron chi connectivity index (χ4n) is 14.9. The summed E-state index contributed by atoms with van der Waals surface area (Å²) < 4.78 is 36.3. The summed E-state index contributed by atoms with van der Waals surface area (Å²) in [5.74, 6) is -1.73. The molecule has 3 aliphatic heterocycles. The van der Waals surface area contributed by atoms with Crippen LogP contribution in [0.1, 0.15) is 113 Å². The van der Waals surface area contributed by atoms with Gasteiger partial charge < -0.3 is 79.5 Å². The fourth-order valence-corrected chi connectivity index (χ4v) is 14.9. The Bertz CT molecular complexity index is 1820. The second-order valence-electron chi connectivity index (χ2n) is 23.0. The highest BCUT2D eigenvalue weighted by Gasteiger charge is 2.70. The number of aliphatic carboxylic acids is 2. The largest absolute Gasteiger partial charge is 0.481 e. The lowest BCUT2D eigenvalue weighted by molar-refractivity contribution is -0.392. The summed E-state index contributed by atoms with van der Waals surface area (Å²) in [5.41, 5.74) is -0.745. The van der Waals surface area contributed by atoms with Crippen molar-refractivity contribution in [3.63, 3.8) is 0 Å². The Morgan fingerprint density at radius 3 is 1.97 bits per heavy atom.